The van der Waals surface area contributed by atoms with Gasteiger partial charge in [-0.1, -0.05) is 38.1 Å². The van der Waals surface area contributed by atoms with Crippen molar-refractivity contribution in [1.29, 1.82) is 0 Å². The number of nitrogens with one attached hydrogen (secondary N) is 1. The second-order valence-corrected chi connectivity index (χ2v) is 6.62. The Morgan fingerprint density at radius 1 is 1.27 bits per heavy atom. The first-order valence-corrected chi connectivity index (χ1v) is 7.85. The van der Waals surface area contributed by atoms with Crippen molar-refractivity contribution in [2.75, 3.05) is 6.54 Å². The van der Waals surface area contributed by atoms with E-state index in [1.165, 1.54) is 16.9 Å². The molecule has 0 spiro atoms. The molecule has 2 rings (SSSR count). The standard InChI is InChI=1S/C16H21N3OS.ClH/c1-10(2)12-4-6-13(7-5-12)14(17)8-19-16(20)15-9-18-11(3)21-15;/h4-7,9-10,14H,8,17H2,1-3H3,(H,19,20);1H. The molecule has 1 unspecified atom stereocenters. The van der Waals surface area contributed by atoms with E-state index in [9.17, 15) is 4.79 Å². The fourth-order valence-electron chi connectivity index (χ4n) is 2.00. The van der Waals surface area contributed by atoms with Crippen LogP contribution in [-0.2, 0) is 0 Å². The van der Waals surface area contributed by atoms with Crippen molar-refractivity contribution in [3.63, 3.8) is 0 Å². The summed E-state index contributed by atoms with van der Waals surface area (Å²) in [5.74, 6) is 0.388. The Labute approximate surface area is 141 Å². The Bertz CT molecular complexity index is 610. The highest BCUT2D eigenvalue weighted by atomic mass is 35.5. The fraction of sp³-hybridized carbons (Fsp3) is 0.375. The number of amides is 1. The van der Waals surface area contributed by atoms with Gasteiger partial charge in [-0.25, -0.2) is 4.98 Å². The molecule has 0 aliphatic carbocycles. The van der Waals surface area contributed by atoms with Crippen molar-refractivity contribution in [1.82, 2.24) is 10.3 Å². The lowest BCUT2D eigenvalue weighted by atomic mass is 9.99. The largest absolute Gasteiger partial charge is 0.349 e. The number of rotatable bonds is 5. The number of aromatic nitrogens is 1. The maximum absolute atomic E-state index is 11.9. The zero-order valence-corrected chi connectivity index (χ0v) is 14.6. The first kappa shape index (κ1) is 18.6. The summed E-state index contributed by atoms with van der Waals surface area (Å²) in [7, 11) is 0. The molecule has 1 amide bonds. The third-order valence-corrected chi connectivity index (χ3v) is 4.27. The molecule has 6 heteroatoms. The first-order valence-electron chi connectivity index (χ1n) is 7.03. The van der Waals surface area contributed by atoms with Crippen LogP contribution in [0.4, 0.5) is 0 Å². The molecular weight excluding hydrogens is 318 g/mol. The van der Waals surface area contributed by atoms with Gasteiger partial charge < -0.3 is 11.1 Å². The third-order valence-electron chi connectivity index (χ3n) is 3.36. The van der Waals surface area contributed by atoms with Gasteiger partial charge in [0.15, 0.2) is 0 Å². The van der Waals surface area contributed by atoms with Crippen LogP contribution in [0.15, 0.2) is 30.5 Å². The van der Waals surface area contributed by atoms with Crippen LogP contribution in [-0.4, -0.2) is 17.4 Å². The van der Waals surface area contributed by atoms with Crippen molar-refractivity contribution in [2.24, 2.45) is 5.73 Å². The highest BCUT2D eigenvalue weighted by molar-refractivity contribution is 7.13. The second-order valence-electron chi connectivity index (χ2n) is 5.38. The summed E-state index contributed by atoms with van der Waals surface area (Å²) in [6.07, 6.45) is 1.60. The van der Waals surface area contributed by atoms with Crippen molar-refractivity contribution < 1.29 is 4.79 Å². The monoisotopic (exact) mass is 339 g/mol. The smallest absolute Gasteiger partial charge is 0.263 e. The molecule has 3 N–H and O–H groups in total. The number of carbonyl (C=O) groups excluding carboxylic acids is 1. The van der Waals surface area contributed by atoms with Crippen molar-refractivity contribution >= 4 is 29.7 Å². The van der Waals surface area contributed by atoms with E-state index < -0.39 is 0 Å². The number of aryl methyl sites for hydroxylation is 1. The molecule has 0 radical (unpaired) electrons. The van der Waals surface area contributed by atoms with Crippen LogP contribution < -0.4 is 11.1 Å². The number of carbonyl (C=O) groups is 1. The number of thiazole rings is 1. The van der Waals surface area contributed by atoms with Crippen molar-refractivity contribution in [2.45, 2.75) is 32.7 Å². The molecule has 0 fully saturated rings. The van der Waals surface area contributed by atoms with Crippen LogP contribution in [0.2, 0.25) is 0 Å². The number of hydrogen-bond donors (Lipinski definition) is 2. The number of hydrogen-bond acceptors (Lipinski definition) is 4. The van der Waals surface area contributed by atoms with Gasteiger partial charge in [-0.3, -0.25) is 4.79 Å². The molecule has 22 heavy (non-hydrogen) atoms. The van der Waals surface area contributed by atoms with E-state index in [1.807, 2.05) is 19.1 Å². The molecule has 1 heterocycles. The molecule has 0 aliphatic heterocycles. The van der Waals surface area contributed by atoms with Crippen LogP contribution in [0.1, 0.15) is 51.6 Å². The molecule has 1 aromatic carbocycles. The summed E-state index contributed by atoms with van der Waals surface area (Å²) in [6.45, 7) is 6.61. The predicted octanol–water partition coefficient (Wildman–Crippen LogP) is 3.43. The summed E-state index contributed by atoms with van der Waals surface area (Å²) < 4.78 is 0. The lowest BCUT2D eigenvalue weighted by molar-refractivity contribution is 0.0955. The van der Waals surface area contributed by atoms with Gasteiger partial charge in [0.1, 0.15) is 4.88 Å². The quantitative estimate of drug-likeness (QED) is 0.877. The molecule has 2 aromatic rings. The van der Waals surface area contributed by atoms with Crippen LogP contribution in [0.25, 0.3) is 0 Å². The van der Waals surface area contributed by atoms with Crippen LogP contribution >= 0.6 is 23.7 Å². The molecule has 0 saturated heterocycles. The minimum Gasteiger partial charge on any atom is -0.349 e. The fourth-order valence-corrected chi connectivity index (χ4v) is 2.70. The van der Waals surface area contributed by atoms with E-state index in [0.717, 1.165) is 10.6 Å². The minimum absolute atomic E-state index is 0. The van der Waals surface area contributed by atoms with Crippen molar-refractivity contribution in [3.8, 4) is 0 Å². The normalized spacial score (nSPS) is 11.9. The summed E-state index contributed by atoms with van der Waals surface area (Å²) >= 11 is 1.38. The molecule has 4 nitrogen and oxygen atoms in total. The van der Waals surface area contributed by atoms with Crippen LogP contribution in [0.5, 0.6) is 0 Å². The molecule has 0 aliphatic rings. The lowest BCUT2D eigenvalue weighted by Gasteiger charge is -2.14. The van der Waals surface area contributed by atoms with Gasteiger partial charge in [-0.15, -0.1) is 23.7 Å². The number of nitrogens with zero attached hydrogens (tertiary/aromatic N) is 1. The van der Waals surface area contributed by atoms with E-state index in [0.29, 0.717) is 17.3 Å². The Morgan fingerprint density at radius 3 is 2.36 bits per heavy atom. The lowest BCUT2D eigenvalue weighted by Crippen LogP contribution is -2.31. The average Bonchev–Trinajstić information content (AvgIpc) is 2.91. The topological polar surface area (TPSA) is 68.0 Å². The van der Waals surface area contributed by atoms with E-state index in [2.05, 4.69) is 36.3 Å². The molecule has 0 saturated carbocycles. The highest BCUT2D eigenvalue weighted by Gasteiger charge is 2.12. The second kappa shape index (κ2) is 8.27. The average molecular weight is 340 g/mol. The van der Waals surface area contributed by atoms with Gasteiger partial charge in [0, 0.05) is 12.6 Å². The maximum Gasteiger partial charge on any atom is 0.263 e. The Morgan fingerprint density at radius 2 is 1.86 bits per heavy atom. The third kappa shape index (κ3) is 4.80. The zero-order valence-electron chi connectivity index (χ0n) is 13.0. The van der Waals surface area contributed by atoms with Crippen LogP contribution in [0.3, 0.4) is 0 Å². The van der Waals surface area contributed by atoms with Gasteiger partial charge in [0.2, 0.25) is 0 Å². The van der Waals surface area contributed by atoms with Gasteiger partial charge in [0.25, 0.3) is 5.91 Å². The first-order chi connectivity index (χ1) is 9.97. The van der Waals surface area contributed by atoms with E-state index in [4.69, 9.17) is 5.73 Å². The zero-order chi connectivity index (χ0) is 15.4. The van der Waals surface area contributed by atoms with Crippen LogP contribution in [0, 0.1) is 6.92 Å². The minimum atomic E-state index is -0.204. The molecule has 1 aromatic heterocycles. The molecular formula is C16H22ClN3OS. The molecule has 0 bridgehead atoms. The van der Waals surface area contributed by atoms with Gasteiger partial charge in [-0.05, 0) is 24.0 Å². The Hall–Kier alpha value is -1.43. The SMILES string of the molecule is Cc1ncc(C(=O)NCC(N)c2ccc(C(C)C)cc2)s1.Cl. The summed E-state index contributed by atoms with van der Waals surface area (Å²) in [5, 5.41) is 3.74. The van der Waals surface area contributed by atoms with Gasteiger partial charge in [-0.2, -0.15) is 0 Å². The number of benzene rings is 1. The Balaban J connectivity index is 0.00000242. The molecule has 120 valence electrons. The van der Waals surface area contributed by atoms with Gasteiger partial charge >= 0.3 is 0 Å². The highest BCUT2D eigenvalue weighted by Crippen LogP contribution is 2.17. The van der Waals surface area contributed by atoms with Gasteiger partial charge in [0.05, 0.1) is 11.2 Å². The number of halogens is 1. The van der Waals surface area contributed by atoms with E-state index in [1.54, 1.807) is 6.20 Å². The number of nitrogens with two attached hydrogens (primary N) is 1. The maximum atomic E-state index is 11.9. The summed E-state index contributed by atoms with van der Waals surface area (Å²) in [6, 6.07) is 8.04. The Kier molecular flexibility index (Phi) is 7.00. The summed E-state index contributed by atoms with van der Waals surface area (Å²) in [4.78, 5) is 16.6. The van der Waals surface area contributed by atoms with E-state index >= 15 is 0 Å². The predicted molar refractivity (Wildman–Crippen MR) is 93.9 cm³/mol. The molecule has 1 atom stereocenters. The van der Waals surface area contributed by atoms with Crippen molar-refractivity contribution in [3.05, 3.63) is 51.5 Å². The van der Waals surface area contributed by atoms with E-state index in [-0.39, 0.29) is 24.4 Å². The summed E-state index contributed by atoms with van der Waals surface area (Å²) in [5.41, 5.74) is 8.44.